The number of hydrogen-bond donors (Lipinski definition) is 2. The number of anilines is 1. The second-order valence-electron chi connectivity index (χ2n) is 4.05. The van der Waals surface area contributed by atoms with Crippen molar-refractivity contribution in [1.82, 2.24) is 9.97 Å². The molecular formula is C13H17N3O2. The first kappa shape index (κ1) is 12.3. The van der Waals surface area contributed by atoms with Gasteiger partial charge in [0.2, 0.25) is 0 Å². The molecule has 1 heterocycles. The summed E-state index contributed by atoms with van der Waals surface area (Å²) in [5, 5.41) is 0. The molecule has 96 valence electrons. The van der Waals surface area contributed by atoms with Gasteiger partial charge in [-0.1, -0.05) is 0 Å². The van der Waals surface area contributed by atoms with E-state index in [1.807, 2.05) is 25.1 Å². The van der Waals surface area contributed by atoms with Crippen LogP contribution in [0.3, 0.4) is 0 Å². The lowest BCUT2D eigenvalue weighted by atomic mass is 10.1. The van der Waals surface area contributed by atoms with Gasteiger partial charge in [-0.25, -0.2) is 4.98 Å². The van der Waals surface area contributed by atoms with E-state index >= 15 is 0 Å². The largest absolute Gasteiger partial charge is 0.497 e. The van der Waals surface area contributed by atoms with E-state index < -0.39 is 0 Å². The summed E-state index contributed by atoms with van der Waals surface area (Å²) >= 11 is 0. The van der Waals surface area contributed by atoms with Crippen LogP contribution in [0.25, 0.3) is 0 Å². The van der Waals surface area contributed by atoms with Gasteiger partial charge in [0.1, 0.15) is 11.5 Å². The highest BCUT2D eigenvalue weighted by atomic mass is 16.5. The number of benzene rings is 1. The SMILES string of the molecule is COc1ccc(OC)c(Cc2nc(N)[nH]c2C)c1. The third-order valence-corrected chi connectivity index (χ3v) is 2.85. The molecule has 2 aromatic rings. The average Bonchev–Trinajstić information content (AvgIpc) is 2.67. The van der Waals surface area contributed by atoms with E-state index in [4.69, 9.17) is 15.2 Å². The summed E-state index contributed by atoms with van der Waals surface area (Å²) in [4.78, 5) is 7.25. The van der Waals surface area contributed by atoms with Crippen molar-refractivity contribution in [2.24, 2.45) is 0 Å². The summed E-state index contributed by atoms with van der Waals surface area (Å²) in [6.07, 6.45) is 0.653. The molecule has 1 aromatic heterocycles. The van der Waals surface area contributed by atoms with E-state index in [1.54, 1.807) is 14.2 Å². The molecule has 0 aliphatic carbocycles. The summed E-state index contributed by atoms with van der Waals surface area (Å²) in [7, 11) is 3.29. The monoisotopic (exact) mass is 247 g/mol. The Morgan fingerprint density at radius 3 is 2.61 bits per heavy atom. The Bertz CT molecular complexity index is 549. The number of nitrogens with two attached hydrogens (primary N) is 1. The Labute approximate surface area is 106 Å². The summed E-state index contributed by atoms with van der Waals surface area (Å²) < 4.78 is 10.6. The minimum atomic E-state index is 0.435. The first-order valence-corrected chi connectivity index (χ1v) is 5.66. The van der Waals surface area contributed by atoms with E-state index in [1.165, 1.54) is 0 Å². The van der Waals surface area contributed by atoms with Gasteiger partial charge in [0, 0.05) is 17.7 Å². The van der Waals surface area contributed by atoms with Crippen molar-refractivity contribution < 1.29 is 9.47 Å². The van der Waals surface area contributed by atoms with Gasteiger partial charge in [0.15, 0.2) is 5.95 Å². The van der Waals surface area contributed by atoms with Crippen molar-refractivity contribution in [3.63, 3.8) is 0 Å². The average molecular weight is 247 g/mol. The van der Waals surface area contributed by atoms with Crippen molar-refractivity contribution in [2.45, 2.75) is 13.3 Å². The molecule has 18 heavy (non-hydrogen) atoms. The molecule has 0 atom stereocenters. The number of ether oxygens (including phenoxy) is 2. The van der Waals surface area contributed by atoms with E-state index in [-0.39, 0.29) is 0 Å². The van der Waals surface area contributed by atoms with Gasteiger partial charge >= 0.3 is 0 Å². The summed E-state index contributed by atoms with van der Waals surface area (Å²) in [5.74, 6) is 2.05. The van der Waals surface area contributed by atoms with Crippen LogP contribution in [-0.4, -0.2) is 24.2 Å². The molecule has 0 fully saturated rings. The highest BCUT2D eigenvalue weighted by Crippen LogP contribution is 2.26. The van der Waals surface area contributed by atoms with Crippen LogP contribution in [0.15, 0.2) is 18.2 Å². The van der Waals surface area contributed by atoms with E-state index in [0.717, 1.165) is 28.5 Å². The number of nitrogen functional groups attached to an aromatic ring is 1. The third-order valence-electron chi connectivity index (χ3n) is 2.85. The van der Waals surface area contributed by atoms with Crippen molar-refractivity contribution in [3.05, 3.63) is 35.2 Å². The first-order chi connectivity index (χ1) is 8.63. The van der Waals surface area contributed by atoms with Gasteiger partial charge in [-0.15, -0.1) is 0 Å². The molecule has 2 rings (SSSR count). The van der Waals surface area contributed by atoms with Crippen LogP contribution < -0.4 is 15.2 Å². The van der Waals surface area contributed by atoms with Crippen LogP contribution in [0.1, 0.15) is 17.0 Å². The topological polar surface area (TPSA) is 73.2 Å². The number of aryl methyl sites for hydroxylation is 1. The van der Waals surface area contributed by atoms with E-state index in [9.17, 15) is 0 Å². The zero-order valence-corrected chi connectivity index (χ0v) is 10.8. The molecule has 0 amide bonds. The number of rotatable bonds is 4. The standard InChI is InChI=1S/C13H17N3O2/c1-8-11(16-13(14)15-8)7-9-6-10(17-2)4-5-12(9)18-3/h4-6H,7H2,1-3H3,(H3,14,15,16). The third kappa shape index (κ3) is 2.40. The van der Waals surface area contributed by atoms with E-state index in [2.05, 4.69) is 9.97 Å². The Morgan fingerprint density at radius 1 is 1.28 bits per heavy atom. The molecule has 0 unspecified atom stereocenters. The maximum Gasteiger partial charge on any atom is 0.197 e. The quantitative estimate of drug-likeness (QED) is 0.865. The van der Waals surface area contributed by atoms with Crippen molar-refractivity contribution in [1.29, 1.82) is 0 Å². The molecule has 3 N–H and O–H groups in total. The lowest BCUT2D eigenvalue weighted by Crippen LogP contribution is -1.97. The van der Waals surface area contributed by atoms with Gasteiger partial charge in [-0.2, -0.15) is 0 Å². The number of nitrogens with one attached hydrogen (secondary N) is 1. The number of H-pyrrole nitrogens is 1. The molecule has 0 aliphatic rings. The van der Waals surface area contributed by atoms with Crippen LogP contribution in [0, 0.1) is 6.92 Å². The summed E-state index contributed by atoms with van der Waals surface area (Å²) in [6, 6.07) is 5.71. The molecule has 5 heteroatoms. The van der Waals surface area contributed by atoms with Crippen molar-refractivity contribution >= 4 is 5.95 Å². The zero-order valence-electron chi connectivity index (χ0n) is 10.8. The molecule has 0 saturated carbocycles. The zero-order chi connectivity index (χ0) is 13.1. The normalized spacial score (nSPS) is 10.4. The van der Waals surface area contributed by atoms with Crippen molar-refractivity contribution in [2.75, 3.05) is 20.0 Å². The number of aromatic amines is 1. The van der Waals surface area contributed by atoms with Crippen LogP contribution in [0.2, 0.25) is 0 Å². The minimum absolute atomic E-state index is 0.435. The fraction of sp³-hybridized carbons (Fsp3) is 0.308. The maximum atomic E-state index is 5.64. The fourth-order valence-corrected chi connectivity index (χ4v) is 1.89. The molecule has 1 aromatic carbocycles. The molecule has 0 spiro atoms. The molecule has 0 radical (unpaired) electrons. The van der Waals surface area contributed by atoms with Gasteiger partial charge in [0.05, 0.1) is 19.9 Å². The molecule has 0 bridgehead atoms. The van der Waals surface area contributed by atoms with Crippen LogP contribution in [0.4, 0.5) is 5.95 Å². The maximum absolute atomic E-state index is 5.64. The summed E-state index contributed by atoms with van der Waals surface area (Å²) in [6.45, 7) is 1.95. The van der Waals surface area contributed by atoms with Crippen LogP contribution in [0.5, 0.6) is 11.5 Å². The molecule has 0 saturated heterocycles. The van der Waals surface area contributed by atoms with Gasteiger partial charge in [-0.05, 0) is 25.1 Å². The number of hydrogen-bond acceptors (Lipinski definition) is 4. The van der Waals surface area contributed by atoms with Crippen LogP contribution in [-0.2, 0) is 6.42 Å². The fourth-order valence-electron chi connectivity index (χ4n) is 1.89. The Balaban J connectivity index is 2.35. The van der Waals surface area contributed by atoms with Crippen LogP contribution >= 0.6 is 0 Å². The lowest BCUT2D eigenvalue weighted by molar-refractivity contribution is 0.399. The summed E-state index contributed by atoms with van der Waals surface area (Å²) in [5.41, 5.74) is 8.54. The highest BCUT2D eigenvalue weighted by Gasteiger charge is 2.10. The number of aromatic nitrogens is 2. The van der Waals surface area contributed by atoms with Gasteiger partial charge in [-0.3, -0.25) is 0 Å². The second kappa shape index (κ2) is 5.00. The molecule has 5 nitrogen and oxygen atoms in total. The predicted octanol–water partition coefficient (Wildman–Crippen LogP) is 1.91. The Kier molecular flexibility index (Phi) is 3.41. The minimum Gasteiger partial charge on any atom is -0.497 e. The second-order valence-corrected chi connectivity index (χ2v) is 4.05. The smallest absolute Gasteiger partial charge is 0.197 e. The highest BCUT2D eigenvalue weighted by molar-refractivity contribution is 5.43. The van der Waals surface area contributed by atoms with E-state index in [0.29, 0.717) is 12.4 Å². The number of imidazole rings is 1. The van der Waals surface area contributed by atoms with Crippen molar-refractivity contribution in [3.8, 4) is 11.5 Å². The van der Waals surface area contributed by atoms with Gasteiger partial charge in [0.25, 0.3) is 0 Å². The number of nitrogens with zero attached hydrogens (tertiary/aromatic N) is 1. The Hall–Kier alpha value is -2.17. The molecular weight excluding hydrogens is 230 g/mol. The van der Waals surface area contributed by atoms with Gasteiger partial charge < -0.3 is 20.2 Å². The lowest BCUT2D eigenvalue weighted by Gasteiger charge is -2.09. The first-order valence-electron chi connectivity index (χ1n) is 5.66. The number of methoxy groups -OCH3 is 2. The Morgan fingerprint density at radius 2 is 2.06 bits per heavy atom. The molecule has 0 aliphatic heterocycles. The predicted molar refractivity (Wildman–Crippen MR) is 70.1 cm³/mol.